The van der Waals surface area contributed by atoms with Gasteiger partial charge in [-0.15, -0.1) is 10.2 Å². The number of aromatic nitrogens is 3. The first-order chi connectivity index (χ1) is 14.9. The molecule has 160 valence electrons. The molecule has 0 saturated carbocycles. The van der Waals surface area contributed by atoms with Crippen LogP contribution in [-0.4, -0.2) is 40.1 Å². The number of anilines is 1. The summed E-state index contributed by atoms with van der Waals surface area (Å²) in [5, 5.41) is 18.7. The number of ether oxygens (including phenoxy) is 1. The van der Waals surface area contributed by atoms with Gasteiger partial charge in [0.05, 0.1) is 25.4 Å². The van der Waals surface area contributed by atoms with Crippen molar-refractivity contribution in [2.24, 2.45) is 7.05 Å². The minimum Gasteiger partial charge on any atom is -0.497 e. The Morgan fingerprint density at radius 1 is 1.26 bits per heavy atom. The fourth-order valence-corrected chi connectivity index (χ4v) is 3.90. The van der Waals surface area contributed by atoms with Gasteiger partial charge in [-0.05, 0) is 55.0 Å². The maximum absolute atomic E-state index is 13.0. The molecule has 0 spiro atoms. The number of thioether (sulfide) groups is 1. The fraction of sp³-hybridized carbons (Fsp3) is 0.273. The van der Waals surface area contributed by atoms with E-state index >= 15 is 0 Å². The number of nitriles is 1. The third-order valence-corrected chi connectivity index (χ3v) is 6.14. The molecule has 1 aromatic heterocycles. The van der Waals surface area contributed by atoms with Gasteiger partial charge in [0.1, 0.15) is 5.75 Å². The smallest absolute Gasteiger partial charge is 0.237 e. The summed E-state index contributed by atoms with van der Waals surface area (Å²) in [4.78, 5) is 14.6. The highest BCUT2D eigenvalue weighted by molar-refractivity contribution is 7.99. The molecule has 0 bridgehead atoms. The van der Waals surface area contributed by atoms with Gasteiger partial charge in [0.2, 0.25) is 5.91 Å². The van der Waals surface area contributed by atoms with Crippen LogP contribution in [0.25, 0.3) is 11.4 Å². The number of methoxy groups -OCH3 is 1. The molecule has 1 heterocycles. The van der Waals surface area contributed by atoms with Crippen LogP contribution >= 0.6 is 23.4 Å². The zero-order valence-corrected chi connectivity index (χ0v) is 19.1. The summed E-state index contributed by atoms with van der Waals surface area (Å²) in [7, 11) is 3.48. The van der Waals surface area contributed by atoms with E-state index in [1.165, 1.54) is 11.8 Å². The summed E-state index contributed by atoms with van der Waals surface area (Å²) in [5.41, 5.74) is 2.50. The van der Waals surface area contributed by atoms with Crippen molar-refractivity contribution >= 4 is 35.0 Å². The highest BCUT2D eigenvalue weighted by Gasteiger charge is 2.19. The number of hydrogen-bond donors (Lipinski definition) is 0. The predicted octanol–water partition coefficient (Wildman–Crippen LogP) is 4.49. The van der Waals surface area contributed by atoms with Crippen LogP contribution in [0.2, 0.25) is 5.02 Å². The van der Waals surface area contributed by atoms with Gasteiger partial charge in [-0.1, -0.05) is 23.4 Å². The van der Waals surface area contributed by atoms with E-state index in [1.54, 1.807) is 24.1 Å². The molecule has 9 heteroatoms. The first kappa shape index (κ1) is 22.7. The van der Waals surface area contributed by atoms with E-state index in [4.69, 9.17) is 21.6 Å². The minimum atomic E-state index is -0.115. The summed E-state index contributed by atoms with van der Waals surface area (Å²) in [6.07, 6.45) is 0.240. The van der Waals surface area contributed by atoms with E-state index in [9.17, 15) is 4.79 Å². The fourth-order valence-electron chi connectivity index (χ4n) is 2.99. The van der Waals surface area contributed by atoms with E-state index in [0.717, 1.165) is 22.6 Å². The van der Waals surface area contributed by atoms with Crippen LogP contribution in [-0.2, 0) is 11.8 Å². The lowest BCUT2D eigenvalue weighted by atomic mass is 10.2. The molecule has 1 amide bonds. The van der Waals surface area contributed by atoms with Crippen molar-refractivity contribution in [2.45, 2.75) is 18.5 Å². The zero-order valence-electron chi connectivity index (χ0n) is 17.5. The molecule has 0 aliphatic carbocycles. The Kier molecular flexibility index (Phi) is 7.55. The second kappa shape index (κ2) is 10.3. The van der Waals surface area contributed by atoms with E-state index in [2.05, 4.69) is 16.3 Å². The first-order valence-electron chi connectivity index (χ1n) is 9.54. The Balaban J connectivity index is 1.73. The topological polar surface area (TPSA) is 84.0 Å². The van der Waals surface area contributed by atoms with Crippen LogP contribution in [0.15, 0.2) is 47.6 Å². The lowest BCUT2D eigenvalue weighted by molar-refractivity contribution is -0.116. The molecule has 0 saturated heterocycles. The monoisotopic (exact) mass is 455 g/mol. The van der Waals surface area contributed by atoms with Crippen molar-refractivity contribution in [3.63, 3.8) is 0 Å². The average Bonchev–Trinajstić information content (AvgIpc) is 3.15. The zero-order chi connectivity index (χ0) is 22.4. The molecule has 0 aliphatic rings. The van der Waals surface area contributed by atoms with Crippen molar-refractivity contribution in [3.8, 4) is 23.2 Å². The molecule has 0 N–H and O–H groups in total. The number of carbonyl (C=O) groups is 1. The third-order valence-electron chi connectivity index (χ3n) is 4.71. The summed E-state index contributed by atoms with van der Waals surface area (Å²) < 4.78 is 7.04. The van der Waals surface area contributed by atoms with Crippen LogP contribution < -0.4 is 9.64 Å². The minimum absolute atomic E-state index is 0.115. The first-order valence-corrected chi connectivity index (χ1v) is 10.9. The lowest BCUT2D eigenvalue weighted by Gasteiger charge is -2.22. The van der Waals surface area contributed by atoms with Gasteiger partial charge in [-0.3, -0.25) is 4.79 Å². The normalized spacial score (nSPS) is 10.5. The number of aryl methyl sites for hydroxylation is 1. The molecule has 0 radical (unpaired) electrons. The molecular formula is C22H22ClN5O2S. The Hall–Kier alpha value is -3.02. The van der Waals surface area contributed by atoms with Gasteiger partial charge in [0.25, 0.3) is 0 Å². The molecule has 0 aliphatic heterocycles. The molecule has 0 fully saturated rings. The number of carbonyl (C=O) groups excluding carboxylic acids is 1. The van der Waals surface area contributed by atoms with E-state index in [0.29, 0.717) is 22.5 Å². The molecular weight excluding hydrogens is 434 g/mol. The molecule has 3 rings (SSSR count). The average molecular weight is 456 g/mol. The standard InChI is InChI=1S/C22H22ClN5O2S/c1-15-13-17(7-10-19(15)23)28(12-4-11-24)20(29)14-31-22-26-25-21(27(22)2)16-5-8-18(30-3)9-6-16/h5-10,13H,4,12,14H2,1-3H3. The van der Waals surface area contributed by atoms with E-state index in [1.807, 2.05) is 48.9 Å². The predicted molar refractivity (Wildman–Crippen MR) is 122 cm³/mol. The number of hydrogen-bond acceptors (Lipinski definition) is 6. The maximum Gasteiger partial charge on any atom is 0.237 e. The molecule has 0 atom stereocenters. The quantitative estimate of drug-likeness (QED) is 0.465. The van der Waals surface area contributed by atoms with Crippen LogP contribution in [0.3, 0.4) is 0 Å². The number of benzene rings is 2. The van der Waals surface area contributed by atoms with Crippen molar-refractivity contribution in [3.05, 3.63) is 53.1 Å². The van der Waals surface area contributed by atoms with Gasteiger partial charge in [0, 0.05) is 29.9 Å². The molecule has 3 aromatic rings. The number of nitrogens with zero attached hydrogens (tertiary/aromatic N) is 5. The van der Waals surface area contributed by atoms with E-state index < -0.39 is 0 Å². The van der Waals surface area contributed by atoms with Crippen LogP contribution in [0.5, 0.6) is 5.75 Å². The van der Waals surface area contributed by atoms with Crippen molar-refractivity contribution in [1.29, 1.82) is 5.26 Å². The van der Waals surface area contributed by atoms with Crippen LogP contribution in [0.4, 0.5) is 5.69 Å². The van der Waals surface area contributed by atoms with Gasteiger partial charge in [0.15, 0.2) is 11.0 Å². The molecule has 0 unspecified atom stereocenters. The maximum atomic E-state index is 13.0. The Morgan fingerprint density at radius 2 is 2.00 bits per heavy atom. The Labute approximate surface area is 190 Å². The van der Waals surface area contributed by atoms with Crippen LogP contribution in [0.1, 0.15) is 12.0 Å². The molecule has 2 aromatic carbocycles. The third kappa shape index (κ3) is 5.37. The highest BCUT2D eigenvalue weighted by atomic mass is 35.5. The van der Waals surface area contributed by atoms with Crippen molar-refractivity contribution in [2.75, 3.05) is 24.3 Å². The largest absolute Gasteiger partial charge is 0.497 e. The SMILES string of the molecule is COc1ccc(-c2nnc(SCC(=O)N(CCC#N)c3ccc(Cl)c(C)c3)n2C)cc1. The Bertz CT molecular complexity index is 1110. The van der Waals surface area contributed by atoms with Gasteiger partial charge < -0.3 is 14.2 Å². The number of amides is 1. The summed E-state index contributed by atoms with van der Waals surface area (Å²) in [6.45, 7) is 2.20. The second-order valence-corrected chi connectivity index (χ2v) is 8.12. The summed E-state index contributed by atoms with van der Waals surface area (Å²) in [6, 6.07) is 15.1. The highest BCUT2D eigenvalue weighted by Crippen LogP contribution is 2.26. The number of rotatable bonds is 8. The van der Waals surface area contributed by atoms with Crippen molar-refractivity contribution < 1.29 is 9.53 Å². The van der Waals surface area contributed by atoms with Crippen LogP contribution in [0, 0.1) is 18.3 Å². The van der Waals surface area contributed by atoms with Crippen molar-refractivity contribution in [1.82, 2.24) is 14.8 Å². The summed E-state index contributed by atoms with van der Waals surface area (Å²) in [5.74, 6) is 1.52. The molecule has 7 nitrogen and oxygen atoms in total. The lowest BCUT2D eigenvalue weighted by Crippen LogP contribution is -2.33. The van der Waals surface area contributed by atoms with Gasteiger partial charge in [-0.2, -0.15) is 5.26 Å². The molecule has 31 heavy (non-hydrogen) atoms. The van der Waals surface area contributed by atoms with E-state index in [-0.39, 0.29) is 18.1 Å². The number of halogens is 1. The van der Waals surface area contributed by atoms with Gasteiger partial charge >= 0.3 is 0 Å². The Morgan fingerprint density at radius 3 is 2.65 bits per heavy atom. The summed E-state index contributed by atoms with van der Waals surface area (Å²) >= 11 is 7.42. The van der Waals surface area contributed by atoms with Gasteiger partial charge in [-0.25, -0.2) is 0 Å². The second-order valence-electron chi connectivity index (χ2n) is 6.77.